The second-order valence-electron chi connectivity index (χ2n) is 7.48. The van der Waals surface area contributed by atoms with Gasteiger partial charge in [-0.2, -0.15) is 0 Å². The lowest BCUT2D eigenvalue weighted by molar-refractivity contribution is 0.0471. The molecule has 152 valence electrons. The number of para-hydroxylation sites is 1. The van der Waals surface area contributed by atoms with Crippen molar-refractivity contribution in [1.82, 2.24) is 4.98 Å². The van der Waals surface area contributed by atoms with E-state index in [0.717, 1.165) is 33.0 Å². The first kappa shape index (κ1) is 19.8. The molecule has 0 amide bonds. The highest BCUT2D eigenvalue weighted by molar-refractivity contribution is 5.98. The fourth-order valence-corrected chi connectivity index (χ4v) is 3.83. The van der Waals surface area contributed by atoms with Crippen LogP contribution in [0.2, 0.25) is 0 Å². The molecule has 0 aliphatic rings. The fraction of sp³-hybridized carbons (Fsp3) is 0.240. The van der Waals surface area contributed by atoms with Gasteiger partial charge in [0.25, 0.3) is 0 Å². The molecule has 0 saturated carbocycles. The summed E-state index contributed by atoms with van der Waals surface area (Å²) in [6.45, 7) is 7.74. The molecule has 0 N–H and O–H groups in total. The molecule has 2 aromatic carbocycles. The number of fused-ring (bicyclic) bond motifs is 2. The predicted molar refractivity (Wildman–Crippen MR) is 117 cm³/mol. The maximum absolute atomic E-state index is 13.0. The number of ether oxygens (including phenoxy) is 1. The molecule has 4 rings (SSSR count). The normalized spacial score (nSPS) is 11.2. The zero-order chi connectivity index (χ0) is 21.4. The monoisotopic (exact) mass is 401 g/mol. The van der Waals surface area contributed by atoms with Crippen LogP contribution in [0.15, 0.2) is 51.7 Å². The summed E-state index contributed by atoms with van der Waals surface area (Å²) < 4.78 is 11.1. The van der Waals surface area contributed by atoms with Crippen molar-refractivity contribution in [2.45, 2.75) is 40.7 Å². The quantitative estimate of drug-likeness (QED) is 0.348. The van der Waals surface area contributed by atoms with E-state index in [1.807, 2.05) is 64.1 Å². The summed E-state index contributed by atoms with van der Waals surface area (Å²) in [5, 5.41) is 1.70. The molecule has 0 radical (unpaired) electrons. The van der Waals surface area contributed by atoms with Crippen molar-refractivity contribution in [3.63, 3.8) is 0 Å². The highest BCUT2D eigenvalue weighted by Gasteiger charge is 2.20. The van der Waals surface area contributed by atoms with Crippen molar-refractivity contribution < 1.29 is 13.9 Å². The molecule has 2 heterocycles. The van der Waals surface area contributed by atoms with E-state index in [4.69, 9.17) is 9.15 Å². The van der Waals surface area contributed by atoms with Crippen molar-refractivity contribution in [3.8, 4) is 0 Å². The van der Waals surface area contributed by atoms with E-state index in [-0.39, 0.29) is 6.61 Å². The zero-order valence-electron chi connectivity index (χ0n) is 17.5. The summed E-state index contributed by atoms with van der Waals surface area (Å²) in [5.41, 5.74) is 5.56. The van der Waals surface area contributed by atoms with Gasteiger partial charge < -0.3 is 9.15 Å². The minimum absolute atomic E-state index is 0.0150. The van der Waals surface area contributed by atoms with Crippen LogP contribution >= 0.6 is 0 Å². The van der Waals surface area contributed by atoms with E-state index in [1.165, 1.54) is 6.07 Å². The molecule has 2 aromatic heterocycles. The minimum atomic E-state index is -0.458. The SMILES string of the molecule is CCc1nc2ccccc2c(C)c1C(=O)OCc1cc(=O)oc2c(C)c(C)ccc12. The number of rotatable bonds is 4. The first-order chi connectivity index (χ1) is 14.4. The van der Waals surface area contributed by atoms with Crippen molar-refractivity contribution >= 4 is 27.8 Å². The second kappa shape index (κ2) is 7.75. The van der Waals surface area contributed by atoms with E-state index in [1.54, 1.807) is 0 Å². The first-order valence-electron chi connectivity index (χ1n) is 9.99. The molecule has 0 unspecified atom stereocenters. The van der Waals surface area contributed by atoms with Gasteiger partial charge in [0.1, 0.15) is 12.2 Å². The highest BCUT2D eigenvalue weighted by Crippen LogP contribution is 2.26. The van der Waals surface area contributed by atoms with Gasteiger partial charge in [0.2, 0.25) is 0 Å². The van der Waals surface area contributed by atoms with Gasteiger partial charge in [0.15, 0.2) is 0 Å². The van der Waals surface area contributed by atoms with Crippen LogP contribution < -0.4 is 5.63 Å². The third kappa shape index (κ3) is 3.36. The van der Waals surface area contributed by atoms with Crippen molar-refractivity contribution in [2.24, 2.45) is 0 Å². The van der Waals surface area contributed by atoms with E-state index in [2.05, 4.69) is 4.98 Å². The molecule has 0 fully saturated rings. The van der Waals surface area contributed by atoms with Gasteiger partial charge >= 0.3 is 11.6 Å². The second-order valence-corrected chi connectivity index (χ2v) is 7.48. The molecule has 4 aromatic rings. The fourth-order valence-electron chi connectivity index (χ4n) is 3.83. The van der Waals surface area contributed by atoms with Crippen LogP contribution in [-0.2, 0) is 17.8 Å². The molecule has 0 bridgehead atoms. The van der Waals surface area contributed by atoms with Crippen molar-refractivity contribution in [3.05, 3.63) is 86.4 Å². The summed E-state index contributed by atoms with van der Waals surface area (Å²) in [5.74, 6) is -0.437. The Kier molecular flexibility index (Phi) is 5.12. The molecule has 0 atom stereocenters. The summed E-state index contributed by atoms with van der Waals surface area (Å²) >= 11 is 0. The van der Waals surface area contributed by atoms with Crippen LogP contribution in [0.4, 0.5) is 0 Å². The van der Waals surface area contributed by atoms with E-state index in [0.29, 0.717) is 28.8 Å². The van der Waals surface area contributed by atoms with Crippen LogP contribution in [0.5, 0.6) is 0 Å². The van der Waals surface area contributed by atoms with Gasteiger partial charge in [-0.25, -0.2) is 9.59 Å². The van der Waals surface area contributed by atoms with Crippen molar-refractivity contribution in [2.75, 3.05) is 0 Å². The van der Waals surface area contributed by atoms with E-state index < -0.39 is 11.6 Å². The minimum Gasteiger partial charge on any atom is -0.457 e. The summed E-state index contributed by atoms with van der Waals surface area (Å²) in [4.78, 5) is 29.8. The molecule has 0 spiro atoms. The van der Waals surface area contributed by atoms with Gasteiger partial charge in [-0.3, -0.25) is 4.98 Å². The smallest absolute Gasteiger partial charge is 0.340 e. The summed E-state index contributed by atoms with van der Waals surface area (Å²) in [6.07, 6.45) is 0.617. The Morgan fingerprint density at radius 3 is 2.57 bits per heavy atom. The zero-order valence-corrected chi connectivity index (χ0v) is 17.5. The van der Waals surface area contributed by atoms with Gasteiger partial charge in [-0.15, -0.1) is 0 Å². The number of nitrogens with zero attached hydrogens (tertiary/aromatic N) is 1. The molecular weight excluding hydrogens is 378 g/mol. The third-order valence-electron chi connectivity index (χ3n) is 5.64. The Bertz CT molecular complexity index is 1350. The average Bonchev–Trinajstić information content (AvgIpc) is 2.74. The van der Waals surface area contributed by atoms with Gasteiger partial charge in [-0.05, 0) is 49.9 Å². The summed E-state index contributed by atoms with van der Waals surface area (Å²) in [6, 6.07) is 13.0. The van der Waals surface area contributed by atoms with E-state index >= 15 is 0 Å². The number of benzene rings is 2. The number of carbonyl (C=O) groups is 1. The van der Waals surface area contributed by atoms with Gasteiger partial charge in [0.05, 0.1) is 16.8 Å². The molecule has 0 aliphatic carbocycles. The molecule has 30 heavy (non-hydrogen) atoms. The Morgan fingerprint density at radius 2 is 1.80 bits per heavy atom. The van der Waals surface area contributed by atoms with Gasteiger partial charge in [-0.1, -0.05) is 37.3 Å². The Balaban J connectivity index is 1.72. The number of pyridine rings is 1. The number of carbonyl (C=O) groups excluding carboxylic acids is 1. The highest BCUT2D eigenvalue weighted by atomic mass is 16.5. The third-order valence-corrected chi connectivity index (χ3v) is 5.64. The predicted octanol–water partition coefficient (Wildman–Crippen LogP) is 5.19. The average molecular weight is 401 g/mol. The lowest BCUT2D eigenvalue weighted by Gasteiger charge is -2.14. The van der Waals surface area contributed by atoms with Crippen LogP contribution in [0.25, 0.3) is 21.9 Å². The Labute approximate surface area is 174 Å². The van der Waals surface area contributed by atoms with Gasteiger partial charge in [0, 0.05) is 22.4 Å². The van der Waals surface area contributed by atoms with Crippen molar-refractivity contribution in [1.29, 1.82) is 0 Å². The molecule has 5 nitrogen and oxygen atoms in total. The molecule has 5 heteroatoms. The maximum atomic E-state index is 13.0. The molecule has 0 saturated heterocycles. The van der Waals surface area contributed by atoms with Crippen LogP contribution in [0.1, 0.15) is 45.2 Å². The first-order valence-corrected chi connectivity index (χ1v) is 9.99. The number of aryl methyl sites for hydroxylation is 4. The van der Waals surface area contributed by atoms with Crippen LogP contribution in [-0.4, -0.2) is 11.0 Å². The lowest BCUT2D eigenvalue weighted by atomic mass is 10.0. The number of aromatic nitrogens is 1. The summed E-state index contributed by atoms with van der Waals surface area (Å²) in [7, 11) is 0. The molecule has 0 aliphatic heterocycles. The topological polar surface area (TPSA) is 69.4 Å². The number of esters is 1. The standard InChI is InChI=1S/C25H23NO4/c1-5-20-23(16(4)18-8-6-7-9-21(18)26-20)25(28)29-13-17-12-22(27)30-24-15(3)14(2)10-11-19(17)24/h6-12H,5,13H2,1-4H3. The lowest BCUT2D eigenvalue weighted by Crippen LogP contribution is -2.13. The number of hydrogen-bond donors (Lipinski definition) is 0. The Hall–Kier alpha value is -3.47. The largest absolute Gasteiger partial charge is 0.457 e. The van der Waals surface area contributed by atoms with E-state index in [9.17, 15) is 9.59 Å². The number of hydrogen-bond acceptors (Lipinski definition) is 5. The Morgan fingerprint density at radius 1 is 1.03 bits per heavy atom. The van der Waals surface area contributed by atoms with Crippen LogP contribution in [0.3, 0.4) is 0 Å². The van der Waals surface area contributed by atoms with Crippen LogP contribution in [0, 0.1) is 20.8 Å². The maximum Gasteiger partial charge on any atom is 0.340 e. The molecular formula is C25H23NO4.